The number of hydrogen-bond acceptors (Lipinski definition) is 4. The van der Waals surface area contributed by atoms with E-state index < -0.39 is 21.7 Å². The zero-order valence-corrected chi connectivity index (χ0v) is 10.6. The van der Waals surface area contributed by atoms with Gasteiger partial charge in [0, 0.05) is 13.7 Å². The summed E-state index contributed by atoms with van der Waals surface area (Å²) in [4.78, 5) is 0. The van der Waals surface area contributed by atoms with Crippen molar-refractivity contribution < 1.29 is 18.3 Å². The van der Waals surface area contributed by atoms with E-state index in [1.807, 2.05) is 0 Å². The molecule has 0 amide bonds. The van der Waals surface area contributed by atoms with Crippen LogP contribution in [0.2, 0.25) is 0 Å². The Bertz CT molecular complexity index is 272. The van der Waals surface area contributed by atoms with Gasteiger partial charge in [-0.1, -0.05) is 0 Å². The molecule has 0 fully saturated rings. The van der Waals surface area contributed by atoms with Gasteiger partial charge >= 0.3 is 0 Å². The predicted octanol–water partition coefficient (Wildman–Crippen LogP) is 0.102. The summed E-state index contributed by atoms with van der Waals surface area (Å²) >= 11 is 0. The Hall–Kier alpha value is -0.170. The highest BCUT2D eigenvalue weighted by Gasteiger charge is 2.29. The molecule has 0 aromatic heterocycles. The van der Waals surface area contributed by atoms with Crippen molar-refractivity contribution in [3.8, 4) is 0 Å². The van der Waals surface area contributed by atoms with Crippen LogP contribution in [-0.2, 0) is 14.8 Å². The van der Waals surface area contributed by atoms with E-state index in [1.54, 1.807) is 20.8 Å². The van der Waals surface area contributed by atoms with Crippen molar-refractivity contribution in [1.29, 1.82) is 0 Å². The lowest BCUT2D eigenvalue weighted by molar-refractivity contribution is 0.111. The lowest BCUT2D eigenvalue weighted by Crippen LogP contribution is -2.51. The minimum absolute atomic E-state index is 0.0109. The fourth-order valence-corrected chi connectivity index (χ4v) is 2.50. The topological polar surface area (TPSA) is 75.6 Å². The molecule has 0 saturated carbocycles. The van der Waals surface area contributed by atoms with E-state index in [0.29, 0.717) is 13.0 Å². The first kappa shape index (κ1) is 14.8. The molecule has 15 heavy (non-hydrogen) atoms. The highest BCUT2D eigenvalue weighted by Crippen LogP contribution is 2.10. The largest absolute Gasteiger partial charge is 0.391 e. The van der Waals surface area contributed by atoms with Crippen LogP contribution in [0.3, 0.4) is 0 Å². The summed E-state index contributed by atoms with van der Waals surface area (Å²) in [6.07, 6.45) is -0.295. The zero-order valence-electron chi connectivity index (χ0n) is 9.78. The fourth-order valence-electron chi connectivity index (χ4n) is 0.930. The lowest BCUT2D eigenvalue weighted by Gasteiger charge is -2.28. The van der Waals surface area contributed by atoms with E-state index in [4.69, 9.17) is 4.74 Å². The third-order valence-electron chi connectivity index (χ3n) is 2.22. The minimum Gasteiger partial charge on any atom is -0.391 e. The summed E-state index contributed by atoms with van der Waals surface area (Å²) in [5, 5.41) is 9.36. The Kier molecular flexibility index (Phi) is 5.72. The van der Waals surface area contributed by atoms with Crippen LogP contribution in [0, 0.1) is 0 Å². The molecule has 0 aliphatic rings. The lowest BCUT2D eigenvalue weighted by atomic mass is 10.0. The molecule has 0 spiro atoms. The molecule has 0 aliphatic carbocycles. The normalized spacial score (nSPS) is 15.3. The van der Waals surface area contributed by atoms with Crippen LogP contribution in [0.4, 0.5) is 0 Å². The highest BCUT2D eigenvalue weighted by atomic mass is 32.2. The molecule has 6 heteroatoms. The number of aliphatic hydroxyl groups is 1. The highest BCUT2D eigenvalue weighted by molar-refractivity contribution is 7.89. The molecular formula is C9H21NO4S. The molecule has 0 aromatic carbocycles. The van der Waals surface area contributed by atoms with Gasteiger partial charge in [-0.15, -0.1) is 0 Å². The zero-order chi connectivity index (χ0) is 12.1. The van der Waals surface area contributed by atoms with Crippen molar-refractivity contribution in [2.75, 3.05) is 19.5 Å². The molecule has 0 radical (unpaired) electrons. The summed E-state index contributed by atoms with van der Waals surface area (Å²) < 4.78 is 30.3. The first-order valence-corrected chi connectivity index (χ1v) is 6.55. The number of methoxy groups -OCH3 is 1. The number of rotatable bonds is 7. The molecule has 1 atom stereocenters. The summed E-state index contributed by atoms with van der Waals surface area (Å²) in [6.45, 7) is 5.25. The van der Waals surface area contributed by atoms with E-state index >= 15 is 0 Å². The SMILES string of the molecule is COCCCS(=O)(=O)NC(C)(C)C(C)O. The van der Waals surface area contributed by atoms with Crippen LogP contribution >= 0.6 is 0 Å². The van der Waals surface area contributed by atoms with Gasteiger partial charge in [-0.25, -0.2) is 13.1 Å². The van der Waals surface area contributed by atoms with Gasteiger partial charge in [-0.2, -0.15) is 0 Å². The monoisotopic (exact) mass is 239 g/mol. The van der Waals surface area contributed by atoms with Crippen LogP contribution in [0.1, 0.15) is 27.2 Å². The van der Waals surface area contributed by atoms with Crippen LogP contribution < -0.4 is 4.72 Å². The summed E-state index contributed by atoms with van der Waals surface area (Å²) in [5.41, 5.74) is -0.841. The number of hydrogen-bond donors (Lipinski definition) is 2. The Morgan fingerprint density at radius 3 is 2.40 bits per heavy atom. The molecule has 5 nitrogen and oxygen atoms in total. The smallest absolute Gasteiger partial charge is 0.212 e. The third-order valence-corrected chi connectivity index (χ3v) is 3.89. The van der Waals surface area contributed by atoms with Gasteiger partial charge in [0.15, 0.2) is 0 Å². The molecule has 0 aliphatic heterocycles. The van der Waals surface area contributed by atoms with Crippen molar-refractivity contribution in [1.82, 2.24) is 4.72 Å². The van der Waals surface area contributed by atoms with Crippen LogP contribution in [0.15, 0.2) is 0 Å². The van der Waals surface area contributed by atoms with Crippen molar-refractivity contribution in [2.45, 2.75) is 38.8 Å². The molecule has 0 rings (SSSR count). The van der Waals surface area contributed by atoms with Gasteiger partial charge in [0.25, 0.3) is 0 Å². The van der Waals surface area contributed by atoms with Gasteiger partial charge in [0.2, 0.25) is 10.0 Å². The second-order valence-electron chi connectivity index (χ2n) is 4.16. The second kappa shape index (κ2) is 5.79. The van der Waals surface area contributed by atoms with Crippen molar-refractivity contribution in [2.24, 2.45) is 0 Å². The van der Waals surface area contributed by atoms with Crippen LogP contribution in [0.25, 0.3) is 0 Å². The van der Waals surface area contributed by atoms with E-state index in [9.17, 15) is 13.5 Å². The van der Waals surface area contributed by atoms with E-state index in [1.165, 1.54) is 7.11 Å². The van der Waals surface area contributed by atoms with Crippen molar-refractivity contribution in [3.05, 3.63) is 0 Å². The number of sulfonamides is 1. The van der Waals surface area contributed by atoms with Crippen LogP contribution in [0.5, 0.6) is 0 Å². The summed E-state index contributed by atoms with van der Waals surface area (Å²) in [7, 11) is -1.82. The number of aliphatic hydroxyl groups excluding tert-OH is 1. The molecule has 2 N–H and O–H groups in total. The van der Waals surface area contributed by atoms with Crippen molar-refractivity contribution in [3.63, 3.8) is 0 Å². The molecular weight excluding hydrogens is 218 g/mol. The third kappa shape index (κ3) is 6.09. The maximum atomic E-state index is 11.5. The van der Waals surface area contributed by atoms with Crippen molar-refractivity contribution >= 4 is 10.0 Å². The molecule has 0 bridgehead atoms. The Labute approximate surface area is 91.9 Å². The molecule has 0 heterocycles. The predicted molar refractivity (Wildman–Crippen MR) is 59.2 cm³/mol. The molecule has 0 aromatic rings. The molecule has 92 valence electrons. The quantitative estimate of drug-likeness (QED) is 0.618. The average molecular weight is 239 g/mol. The first-order chi connectivity index (χ1) is 6.71. The second-order valence-corrected chi connectivity index (χ2v) is 6.01. The van der Waals surface area contributed by atoms with E-state index in [0.717, 1.165) is 0 Å². The molecule has 1 unspecified atom stereocenters. The fraction of sp³-hybridized carbons (Fsp3) is 1.00. The summed E-state index contributed by atoms with van der Waals surface area (Å²) in [6, 6.07) is 0. The Morgan fingerprint density at radius 2 is 2.00 bits per heavy atom. The number of nitrogens with one attached hydrogen (secondary N) is 1. The average Bonchev–Trinajstić information content (AvgIpc) is 2.01. The maximum absolute atomic E-state index is 11.5. The van der Waals surface area contributed by atoms with Gasteiger partial charge in [0.1, 0.15) is 0 Å². The molecule has 0 saturated heterocycles. The van der Waals surface area contributed by atoms with Gasteiger partial charge in [0.05, 0.1) is 17.4 Å². The van der Waals surface area contributed by atoms with Crippen LogP contribution in [-0.4, -0.2) is 44.6 Å². The van der Waals surface area contributed by atoms with E-state index in [-0.39, 0.29) is 5.75 Å². The van der Waals surface area contributed by atoms with E-state index in [2.05, 4.69) is 4.72 Å². The first-order valence-electron chi connectivity index (χ1n) is 4.90. The van der Waals surface area contributed by atoms with Gasteiger partial charge in [-0.05, 0) is 27.2 Å². The Balaban J connectivity index is 4.26. The standard InChI is InChI=1S/C9H21NO4S/c1-8(11)9(2,3)10-15(12,13)7-5-6-14-4/h8,10-11H,5-7H2,1-4H3. The van der Waals surface area contributed by atoms with Gasteiger partial charge < -0.3 is 9.84 Å². The minimum atomic E-state index is -3.35. The summed E-state index contributed by atoms with van der Waals surface area (Å²) in [5.74, 6) is 0.0109. The Morgan fingerprint density at radius 1 is 1.47 bits per heavy atom. The maximum Gasteiger partial charge on any atom is 0.212 e. The number of ether oxygens (including phenoxy) is 1. The van der Waals surface area contributed by atoms with Gasteiger partial charge in [-0.3, -0.25) is 0 Å².